The van der Waals surface area contributed by atoms with Crippen LogP contribution < -0.4 is 20.3 Å². The van der Waals surface area contributed by atoms with Gasteiger partial charge in [0.15, 0.2) is 0 Å². The molecular weight excluding hydrogens is 510 g/mol. The van der Waals surface area contributed by atoms with Crippen molar-refractivity contribution in [3.8, 4) is 23.0 Å². The van der Waals surface area contributed by atoms with E-state index in [9.17, 15) is 15.0 Å². The Kier molecular flexibility index (Phi) is 9.30. The molecule has 1 aromatic heterocycles. The summed E-state index contributed by atoms with van der Waals surface area (Å²) in [6.07, 6.45) is -0.000945. The number of aromatic amines is 1. The van der Waals surface area contributed by atoms with Gasteiger partial charge in [-0.05, 0) is 72.6 Å². The van der Waals surface area contributed by atoms with Crippen LogP contribution in [0.25, 0.3) is 10.9 Å². The van der Waals surface area contributed by atoms with E-state index < -0.39 is 6.10 Å². The van der Waals surface area contributed by atoms with E-state index in [1.807, 2.05) is 48.5 Å². The summed E-state index contributed by atoms with van der Waals surface area (Å²) in [4.78, 5) is 16.6. The third-order valence-corrected chi connectivity index (χ3v) is 6.96. The second-order valence-corrected chi connectivity index (χ2v) is 9.77. The Labute approximate surface area is 232 Å². The molecule has 1 aliphatic heterocycles. The maximum Gasteiger partial charge on any atom is 0.248 e. The summed E-state index contributed by atoms with van der Waals surface area (Å²) in [7, 11) is 0. The first-order valence-electron chi connectivity index (χ1n) is 13.6. The van der Waals surface area contributed by atoms with E-state index in [4.69, 9.17) is 14.2 Å². The van der Waals surface area contributed by atoms with Crippen molar-refractivity contribution in [2.24, 2.45) is 0 Å². The minimum atomic E-state index is -0.786. The smallest absolute Gasteiger partial charge is 0.248 e. The van der Waals surface area contributed by atoms with Gasteiger partial charge in [0.25, 0.3) is 0 Å². The molecule has 1 aliphatic rings. The van der Waals surface area contributed by atoms with Crippen molar-refractivity contribution in [3.05, 3.63) is 94.3 Å². The van der Waals surface area contributed by atoms with Gasteiger partial charge in [0, 0.05) is 37.6 Å². The molecule has 210 valence electrons. The van der Waals surface area contributed by atoms with Crippen LogP contribution in [-0.2, 0) is 11.2 Å². The summed E-state index contributed by atoms with van der Waals surface area (Å²) in [5.74, 6) is 2.30. The highest BCUT2D eigenvalue weighted by atomic mass is 16.5. The molecule has 1 saturated heterocycles. The fraction of sp³-hybridized carbons (Fsp3) is 0.323. The largest absolute Gasteiger partial charge is 0.506 e. The van der Waals surface area contributed by atoms with Crippen LogP contribution in [0.4, 0.5) is 0 Å². The normalized spacial score (nSPS) is 14.7. The average Bonchev–Trinajstić information content (AvgIpc) is 2.98. The molecule has 0 saturated carbocycles. The second-order valence-electron chi connectivity index (χ2n) is 9.77. The molecule has 0 aliphatic carbocycles. The van der Waals surface area contributed by atoms with Gasteiger partial charge in [0.05, 0.1) is 24.8 Å². The van der Waals surface area contributed by atoms with Gasteiger partial charge in [-0.3, -0.25) is 9.69 Å². The van der Waals surface area contributed by atoms with E-state index >= 15 is 0 Å². The van der Waals surface area contributed by atoms with E-state index in [1.165, 1.54) is 12.1 Å². The number of morpholine rings is 1. The van der Waals surface area contributed by atoms with Crippen LogP contribution >= 0.6 is 0 Å². The minimum absolute atomic E-state index is 0.0230. The Morgan fingerprint density at radius 3 is 2.38 bits per heavy atom. The summed E-state index contributed by atoms with van der Waals surface area (Å²) in [6.45, 7) is 6.05. The first kappa shape index (κ1) is 27.7. The van der Waals surface area contributed by atoms with Gasteiger partial charge < -0.3 is 34.7 Å². The zero-order valence-corrected chi connectivity index (χ0v) is 22.3. The number of rotatable bonds is 12. The third-order valence-electron chi connectivity index (χ3n) is 6.96. The Bertz CT molecular complexity index is 1430. The maximum absolute atomic E-state index is 11.6. The summed E-state index contributed by atoms with van der Waals surface area (Å²) < 4.78 is 17.2. The van der Waals surface area contributed by atoms with Crippen LogP contribution in [0.3, 0.4) is 0 Å². The van der Waals surface area contributed by atoms with Gasteiger partial charge >= 0.3 is 0 Å². The minimum Gasteiger partial charge on any atom is -0.506 e. The molecule has 40 heavy (non-hydrogen) atoms. The quantitative estimate of drug-likeness (QED) is 0.200. The maximum atomic E-state index is 11.6. The van der Waals surface area contributed by atoms with Crippen molar-refractivity contribution in [3.63, 3.8) is 0 Å². The molecule has 4 N–H and O–H groups in total. The number of hydrogen-bond donors (Lipinski definition) is 4. The monoisotopic (exact) mass is 545 g/mol. The molecule has 0 unspecified atom stereocenters. The molecule has 5 rings (SSSR count). The Balaban J connectivity index is 1.04. The number of aliphatic hydroxyl groups excluding tert-OH is 1. The molecule has 1 atom stereocenters. The summed E-state index contributed by atoms with van der Waals surface area (Å²) >= 11 is 0. The second kappa shape index (κ2) is 13.5. The molecule has 0 radical (unpaired) electrons. The Morgan fingerprint density at radius 2 is 1.62 bits per heavy atom. The molecule has 0 spiro atoms. The van der Waals surface area contributed by atoms with Crippen LogP contribution in [-0.4, -0.2) is 72.6 Å². The van der Waals surface area contributed by atoms with Crippen LogP contribution in [0.1, 0.15) is 17.2 Å². The Morgan fingerprint density at radius 1 is 0.925 bits per heavy atom. The van der Waals surface area contributed by atoms with Gasteiger partial charge in [-0.25, -0.2) is 0 Å². The van der Waals surface area contributed by atoms with E-state index in [1.54, 1.807) is 12.1 Å². The highest BCUT2D eigenvalue weighted by Crippen LogP contribution is 2.28. The molecule has 4 aromatic rings. The number of aliphatic hydroxyl groups is 1. The van der Waals surface area contributed by atoms with Crippen molar-refractivity contribution in [1.82, 2.24) is 15.2 Å². The summed E-state index contributed by atoms with van der Waals surface area (Å²) in [6, 6.07) is 21.8. The van der Waals surface area contributed by atoms with Gasteiger partial charge in [0.1, 0.15) is 29.6 Å². The van der Waals surface area contributed by atoms with Crippen molar-refractivity contribution in [2.75, 3.05) is 52.5 Å². The lowest BCUT2D eigenvalue weighted by Gasteiger charge is -2.26. The number of hydrogen-bond acceptors (Lipinski definition) is 8. The van der Waals surface area contributed by atoms with E-state index in [2.05, 4.69) is 15.2 Å². The molecule has 0 bridgehead atoms. The number of pyridine rings is 1. The zero-order chi connectivity index (χ0) is 27.7. The summed E-state index contributed by atoms with van der Waals surface area (Å²) in [5.41, 5.74) is 1.81. The van der Waals surface area contributed by atoms with Crippen LogP contribution in [0, 0.1) is 0 Å². The fourth-order valence-corrected chi connectivity index (χ4v) is 4.71. The van der Waals surface area contributed by atoms with Crippen LogP contribution in [0.2, 0.25) is 0 Å². The molecule has 9 nitrogen and oxygen atoms in total. The lowest BCUT2D eigenvalue weighted by molar-refractivity contribution is 0.0322. The molecule has 3 aromatic carbocycles. The number of ether oxygens (including phenoxy) is 3. The predicted molar refractivity (Wildman–Crippen MR) is 153 cm³/mol. The number of nitrogens with one attached hydrogen (secondary N) is 2. The standard InChI is InChI=1S/C31H35N3O6/c35-28-11-9-26(27-10-12-30(37)33-31(27)28)29(36)21-32-14-13-22-1-3-24(4-2-22)40-25-7-5-23(6-8-25)39-20-17-34-15-18-38-19-16-34/h1-12,29,32,35-36H,13-21H2,(H,33,37)/t29-/m0/s1. The lowest BCUT2D eigenvalue weighted by atomic mass is 10.0. The number of nitrogens with zero attached hydrogens (tertiary/aromatic N) is 1. The lowest BCUT2D eigenvalue weighted by Crippen LogP contribution is -2.38. The number of fused-ring (bicyclic) bond motifs is 1. The van der Waals surface area contributed by atoms with E-state index in [0.29, 0.717) is 36.2 Å². The number of phenolic OH excluding ortho intramolecular Hbond substituents is 1. The summed E-state index contributed by atoms with van der Waals surface area (Å²) in [5, 5.41) is 24.6. The van der Waals surface area contributed by atoms with Crippen LogP contribution in [0.5, 0.6) is 23.0 Å². The SMILES string of the molecule is O=c1ccc2c([C@@H](O)CNCCc3ccc(Oc4ccc(OCCN5CCOCC5)cc4)cc3)ccc(O)c2[nH]1. The number of aromatic hydroxyl groups is 1. The molecule has 0 amide bonds. The van der Waals surface area contributed by atoms with E-state index in [0.717, 1.165) is 62.1 Å². The number of phenols is 1. The topological polar surface area (TPSA) is 116 Å². The van der Waals surface area contributed by atoms with Crippen molar-refractivity contribution in [1.29, 1.82) is 0 Å². The predicted octanol–water partition coefficient (Wildman–Crippen LogP) is 3.60. The van der Waals surface area contributed by atoms with Crippen molar-refractivity contribution >= 4 is 10.9 Å². The van der Waals surface area contributed by atoms with Gasteiger partial charge in [-0.15, -0.1) is 0 Å². The fourth-order valence-electron chi connectivity index (χ4n) is 4.71. The van der Waals surface area contributed by atoms with Gasteiger partial charge in [-0.1, -0.05) is 18.2 Å². The molecular formula is C31H35N3O6. The molecule has 9 heteroatoms. The number of aromatic nitrogens is 1. The van der Waals surface area contributed by atoms with Crippen molar-refractivity contribution in [2.45, 2.75) is 12.5 Å². The van der Waals surface area contributed by atoms with E-state index in [-0.39, 0.29) is 11.3 Å². The van der Waals surface area contributed by atoms with Crippen LogP contribution in [0.15, 0.2) is 77.6 Å². The first-order chi connectivity index (χ1) is 19.5. The van der Waals surface area contributed by atoms with Crippen molar-refractivity contribution < 1.29 is 24.4 Å². The third kappa shape index (κ3) is 7.40. The highest BCUT2D eigenvalue weighted by molar-refractivity contribution is 5.87. The Hall–Kier alpha value is -3.89. The highest BCUT2D eigenvalue weighted by Gasteiger charge is 2.14. The number of H-pyrrole nitrogens is 1. The zero-order valence-electron chi connectivity index (χ0n) is 22.3. The number of benzene rings is 3. The average molecular weight is 546 g/mol. The van der Waals surface area contributed by atoms with Gasteiger partial charge in [0.2, 0.25) is 5.56 Å². The first-order valence-corrected chi connectivity index (χ1v) is 13.6. The van der Waals surface area contributed by atoms with Gasteiger partial charge in [-0.2, -0.15) is 0 Å². The molecule has 1 fully saturated rings. The molecule has 2 heterocycles.